The summed E-state index contributed by atoms with van der Waals surface area (Å²) >= 11 is 0. The van der Waals surface area contributed by atoms with Gasteiger partial charge >= 0.3 is 0 Å². The normalized spacial score (nSPS) is 18.0. The van der Waals surface area contributed by atoms with Gasteiger partial charge in [-0.25, -0.2) is 9.37 Å². The van der Waals surface area contributed by atoms with Crippen LogP contribution < -0.4 is 0 Å². The van der Waals surface area contributed by atoms with Gasteiger partial charge in [-0.3, -0.25) is 14.6 Å². The number of fused-ring (bicyclic) bond motifs is 1. The van der Waals surface area contributed by atoms with Crippen LogP contribution in [-0.2, 0) is 4.74 Å². The second kappa shape index (κ2) is 12.0. The molecule has 2 saturated heterocycles. The number of aromatic nitrogens is 2. The molecule has 2 aliphatic heterocycles. The zero-order valence-corrected chi connectivity index (χ0v) is 24.9. The molecule has 2 aromatic heterocycles. The van der Waals surface area contributed by atoms with Crippen LogP contribution in [0.25, 0.3) is 16.6 Å². The van der Waals surface area contributed by atoms with Gasteiger partial charge in [0.25, 0.3) is 5.91 Å². The summed E-state index contributed by atoms with van der Waals surface area (Å²) in [4.78, 5) is 25.2. The lowest BCUT2D eigenvalue weighted by Crippen LogP contribution is -2.57. The van der Waals surface area contributed by atoms with Crippen molar-refractivity contribution in [3.8, 4) is 11.1 Å². The number of halogens is 1. The van der Waals surface area contributed by atoms with Crippen molar-refractivity contribution in [3.05, 3.63) is 59.4 Å². The number of nitrogens with zero attached hydrogens (tertiary/aromatic N) is 5. The fraction of sp³-hybridized carbons (Fsp3) is 0.562. The molecule has 1 amide bonds. The second-order valence-electron chi connectivity index (χ2n) is 12.0. The molecular weight excluding hydrogens is 505 g/mol. The molecule has 2 fully saturated rings. The lowest BCUT2D eigenvalue weighted by Gasteiger charge is -2.48. The van der Waals surface area contributed by atoms with E-state index in [0.717, 1.165) is 68.4 Å². The summed E-state index contributed by atoms with van der Waals surface area (Å²) in [6.45, 7) is 19.9. The molecule has 3 aromatic rings. The van der Waals surface area contributed by atoms with E-state index in [-0.39, 0.29) is 11.9 Å². The van der Waals surface area contributed by atoms with Crippen LogP contribution in [0.1, 0.15) is 62.3 Å². The molecule has 8 heteroatoms. The molecule has 0 spiro atoms. The smallest absolute Gasteiger partial charge is 0.254 e. The molecule has 1 atom stereocenters. The highest BCUT2D eigenvalue weighted by Gasteiger charge is 2.36. The Labute approximate surface area is 237 Å². The molecule has 0 bridgehead atoms. The molecule has 4 heterocycles. The summed E-state index contributed by atoms with van der Waals surface area (Å²) in [6.07, 6.45) is 4.06. The molecule has 0 aliphatic carbocycles. The standard InChI is InChI=1S/C32H44FN5O2/c1-7-37(22(4)5)32(39)29-15-26(33)8-9-27(29)28-14-24(19-38-23(6)34-16-30(28)38)25-17-36(18-25)31(21(2)3)20-35-10-12-40-13-11-35/h8-9,14-16,19,21-22,25,31H,7,10-13,17-18,20H2,1-6H3. The quantitative estimate of drug-likeness (QED) is 0.373. The Morgan fingerprint density at radius 2 is 1.85 bits per heavy atom. The number of imidazole rings is 1. The summed E-state index contributed by atoms with van der Waals surface area (Å²) in [6, 6.07) is 7.32. The van der Waals surface area contributed by atoms with Gasteiger partial charge < -0.3 is 14.0 Å². The first-order valence-corrected chi connectivity index (χ1v) is 14.8. The Bertz CT molecular complexity index is 1340. The number of hydrogen-bond donors (Lipinski definition) is 0. The third-order valence-corrected chi connectivity index (χ3v) is 8.74. The maximum Gasteiger partial charge on any atom is 0.254 e. The molecule has 1 aromatic carbocycles. The molecule has 216 valence electrons. The molecule has 0 N–H and O–H groups in total. The largest absolute Gasteiger partial charge is 0.379 e. The summed E-state index contributed by atoms with van der Waals surface area (Å²) in [5.74, 6) is 1.29. The Morgan fingerprint density at radius 1 is 1.12 bits per heavy atom. The predicted molar refractivity (Wildman–Crippen MR) is 157 cm³/mol. The van der Waals surface area contributed by atoms with Crippen LogP contribution in [0.4, 0.5) is 4.39 Å². The SMILES string of the molecule is CCN(C(=O)c1cc(F)ccc1-c1cc(C2CN(C(CN3CCOCC3)C(C)C)C2)cn2c(C)ncc12)C(C)C. The van der Waals surface area contributed by atoms with Gasteiger partial charge in [0.1, 0.15) is 11.6 Å². The number of rotatable bonds is 9. The molecule has 7 nitrogen and oxygen atoms in total. The van der Waals surface area contributed by atoms with Crippen LogP contribution in [0.2, 0.25) is 0 Å². The summed E-state index contributed by atoms with van der Waals surface area (Å²) in [5, 5.41) is 0. The first kappa shape index (κ1) is 28.7. The van der Waals surface area contributed by atoms with E-state index in [0.29, 0.717) is 30.0 Å². The highest BCUT2D eigenvalue weighted by atomic mass is 19.1. The number of carbonyl (C=O) groups is 1. The van der Waals surface area contributed by atoms with Crippen molar-refractivity contribution in [2.45, 2.75) is 59.5 Å². The molecule has 2 aliphatic rings. The zero-order valence-electron chi connectivity index (χ0n) is 24.9. The fourth-order valence-electron chi connectivity index (χ4n) is 6.30. The number of hydrogen-bond acceptors (Lipinski definition) is 5. The van der Waals surface area contributed by atoms with Crippen LogP contribution in [0.15, 0.2) is 36.7 Å². The van der Waals surface area contributed by atoms with Crippen molar-refractivity contribution in [1.82, 2.24) is 24.1 Å². The number of carbonyl (C=O) groups excluding carboxylic acids is 1. The molecule has 0 saturated carbocycles. The van der Waals surface area contributed by atoms with E-state index in [1.54, 1.807) is 11.0 Å². The first-order valence-electron chi connectivity index (χ1n) is 14.8. The minimum Gasteiger partial charge on any atom is -0.379 e. The van der Waals surface area contributed by atoms with Gasteiger partial charge in [0, 0.05) is 69.0 Å². The van der Waals surface area contributed by atoms with Gasteiger partial charge in [-0.15, -0.1) is 0 Å². The van der Waals surface area contributed by atoms with Crippen molar-refractivity contribution >= 4 is 11.4 Å². The second-order valence-corrected chi connectivity index (χ2v) is 12.0. The van der Waals surface area contributed by atoms with Gasteiger partial charge in [0.05, 0.1) is 30.5 Å². The van der Waals surface area contributed by atoms with E-state index >= 15 is 0 Å². The Hall–Kier alpha value is -2.81. The summed E-state index contributed by atoms with van der Waals surface area (Å²) in [7, 11) is 0. The lowest BCUT2D eigenvalue weighted by molar-refractivity contribution is -0.00225. The van der Waals surface area contributed by atoms with Gasteiger partial charge in [-0.05, 0) is 62.9 Å². The molecule has 40 heavy (non-hydrogen) atoms. The molecule has 0 radical (unpaired) electrons. The van der Waals surface area contributed by atoms with E-state index in [1.807, 2.05) is 33.9 Å². The molecule has 5 rings (SSSR count). The molecule has 1 unspecified atom stereocenters. The van der Waals surface area contributed by atoms with E-state index < -0.39 is 5.82 Å². The average Bonchev–Trinajstić information content (AvgIpc) is 3.28. The highest BCUT2D eigenvalue weighted by molar-refractivity contribution is 6.03. The van der Waals surface area contributed by atoms with E-state index in [4.69, 9.17) is 4.74 Å². The van der Waals surface area contributed by atoms with E-state index in [1.165, 1.54) is 17.7 Å². The Balaban J connectivity index is 1.47. The minimum absolute atomic E-state index is 0.0181. The monoisotopic (exact) mass is 549 g/mol. The zero-order chi connectivity index (χ0) is 28.6. The predicted octanol–water partition coefficient (Wildman–Crippen LogP) is 5.08. The third kappa shape index (κ3) is 5.67. The summed E-state index contributed by atoms with van der Waals surface area (Å²) in [5.41, 5.74) is 4.23. The summed E-state index contributed by atoms with van der Waals surface area (Å²) < 4.78 is 22.2. The van der Waals surface area contributed by atoms with Crippen molar-refractivity contribution in [2.24, 2.45) is 5.92 Å². The number of amides is 1. The van der Waals surface area contributed by atoms with Crippen molar-refractivity contribution in [2.75, 3.05) is 52.5 Å². The third-order valence-electron chi connectivity index (χ3n) is 8.74. The Kier molecular flexibility index (Phi) is 8.59. The van der Waals surface area contributed by atoms with Crippen LogP contribution >= 0.6 is 0 Å². The van der Waals surface area contributed by atoms with Gasteiger partial charge in [0.2, 0.25) is 0 Å². The van der Waals surface area contributed by atoms with Gasteiger partial charge in [0.15, 0.2) is 0 Å². The number of benzene rings is 1. The fourth-order valence-corrected chi connectivity index (χ4v) is 6.30. The first-order chi connectivity index (χ1) is 19.2. The highest BCUT2D eigenvalue weighted by Crippen LogP contribution is 2.37. The van der Waals surface area contributed by atoms with Crippen molar-refractivity contribution in [1.29, 1.82) is 0 Å². The maximum atomic E-state index is 14.5. The number of pyridine rings is 1. The number of likely N-dealkylation sites (tertiary alicyclic amines) is 1. The van der Waals surface area contributed by atoms with Crippen LogP contribution in [-0.4, -0.2) is 94.6 Å². The van der Waals surface area contributed by atoms with Gasteiger partial charge in [-0.2, -0.15) is 0 Å². The van der Waals surface area contributed by atoms with Crippen LogP contribution in [0.5, 0.6) is 0 Å². The topological polar surface area (TPSA) is 53.3 Å². The lowest BCUT2D eigenvalue weighted by atomic mass is 9.86. The number of ether oxygens (including phenoxy) is 1. The van der Waals surface area contributed by atoms with Crippen molar-refractivity contribution in [3.63, 3.8) is 0 Å². The maximum absolute atomic E-state index is 14.5. The van der Waals surface area contributed by atoms with E-state index in [9.17, 15) is 9.18 Å². The average molecular weight is 550 g/mol. The number of morpholine rings is 1. The van der Waals surface area contributed by atoms with Crippen LogP contribution in [0, 0.1) is 18.7 Å². The van der Waals surface area contributed by atoms with Gasteiger partial charge in [-0.1, -0.05) is 19.9 Å². The number of aryl methyl sites for hydroxylation is 1. The van der Waals surface area contributed by atoms with Crippen molar-refractivity contribution < 1.29 is 13.9 Å². The molecular formula is C32H44FN5O2. The van der Waals surface area contributed by atoms with E-state index in [2.05, 4.69) is 45.3 Å². The van der Waals surface area contributed by atoms with Crippen LogP contribution in [0.3, 0.4) is 0 Å². The Morgan fingerprint density at radius 3 is 2.50 bits per heavy atom. The minimum atomic E-state index is -0.404.